The number of rotatable bonds is 0. The van der Waals surface area contributed by atoms with Crippen LogP contribution in [0.1, 0.15) is 0 Å². The van der Waals surface area contributed by atoms with E-state index in [2.05, 4.69) is 11.0 Å². The summed E-state index contributed by atoms with van der Waals surface area (Å²) in [5.41, 5.74) is 0. The van der Waals surface area contributed by atoms with Crippen LogP contribution in [0.15, 0.2) is 24.3 Å². The van der Waals surface area contributed by atoms with E-state index in [1.54, 1.807) is 0 Å². The van der Waals surface area contributed by atoms with Gasteiger partial charge in [0.05, 0.1) is 5.25 Å². The van der Waals surface area contributed by atoms with Gasteiger partial charge in [0.15, 0.2) is 0 Å². The SMILES string of the molecule is C1=CC2O[N]SC2C=C1. The molecule has 0 amide bonds. The fourth-order valence-electron chi connectivity index (χ4n) is 0.881. The highest BCUT2D eigenvalue weighted by molar-refractivity contribution is 7.98. The van der Waals surface area contributed by atoms with Crippen LogP contribution in [0.3, 0.4) is 0 Å². The molecule has 9 heavy (non-hydrogen) atoms. The van der Waals surface area contributed by atoms with Gasteiger partial charge in [0.2, 0.25) is 0 Å². The van der Waals surface area contributed by atoms with Gasteiger partial charge in [-0.3, -0.25) is 4.84 Å². The van der Waals surface area contributed by atoms with E-state index in [0.29, 0.717) is 5.25 Å². The number of hydrogen-bond donors (Lipinski definition) is 0. The quantitative estimate of drug-likeness (QED) is 0.469. The molecule has 1 saturated heterocycles. The Kier molecular flexibility index (Phi) is 1.33. The first kappa shape index (κ1) is 5.53. The van der Waals surface area contributed by atoms with Crippen LogP contribution in [-0.2, 0) is 4.84 Å². The minimum Gasteiger partial charge on any atom is -0.262 e. The van der Waals surface area contributed by atoms with Gasteiger partial charge in [0.1, 0.15) is 6.10 Å². The Morgan fingerprint density at radius 3 is 3.11 bits per heavy atom. The second kappa shape index (κ2) is 2.17. The summed E-state index contributed by atoms with van der Waals surface area (Å²) in [5, 5.41) is 0.426. The highest BCUT2D eigenvalue weighted by atomic mass is 32.2. The average molecular weight is 140 g/mol. The molecule has 1 fully saturated rings. The smallest absolute Gasteiger partial charge is 0.117 e. The summed E-state index contributed by atoms with van der Waals surface area (Å²) in [6.07, 6.45) is 8.33. The molecule has 0 saturated carbocycles. The van der Waals surface area contributed by atoms with Gasteiger partial charge in [-0.2, -0.15) is 0 Å². The third-order valence-electron chi connectivity index (χ3n) is 1.37. The van der Waals surface area contributed by atoms with Gasteiger partial charge in [-0.1, -0.05) is 24.3 Å². The lowest BCUT2D eigenvalue weighted by Crippen LogP contribution is -2.16. The van der Waals surface area contributed by atoms with E-state index in [0.717, 1.165) is 0 Å². The van der Waals surface area contributed by atoms with E-state index in [4.69, 9.17) is 4.84 Å². The normalized spacial score (nSPS) is 39.1. The Morgan fingerprint density at radius 1 is 1.33 bits per heavy atom. The van der Waals surface area contributed by atoms with Gasteiger partial charge < -0.3 is 0 Å². The average Bonchev–Trinajstić information content (AvgIpc) is 2.33. The zero-order valence-corrected chi connectivity index (χ0v) is 5.54. The lowest BCUT2D eigenvalue weighted by atomic mass is 10.1. The van der Waals surface area contributed by atoms with Crippen molar-refractivity contribution in [1.82, 2.24) is 4.89 Å². The second-order valence-electron chi connectivity index (χ2n) is 1.98. The molecule has 2 unspecified atom stereocenters. The fourth-order valence-corrected chi connectivity index (χ4v) is 1.55. The van der Waals surface area contributed by atoms with Crippen molar-refractivity contribution in [2.45, 2.75) is 11.4 Å². The van der Waals surface area contributed by atoms with Gasteiger partial charge in [0, 0.05) is 0 Å². The molecule has 2 nitrogen and oxygen atoms in total. The van der Waals surface area contributed by atoms with Crippen LogP contribution in [-0.4, -0.2) is 11.4 Å². The third kappa shape index (κ3) is 0.913. The van der Waals surface area contributed by atoms with Gasteiger partial charge >= 0.3 is 0 Å². The van der Waals surface area contributed by atoms with Crippen molar-refractivity contribution in [2.75, 3.05) is 0 Å². The Labute approximate surface area is 58.0 Å². The van der Waals surface area contributed by atoms with E-state index >= 15 is 0 Å². The monoisotopic (exact) mass is 140 g/mol. The van der Waals surface area contributed by atoms with E-state index in [1.165, 1.54) is 11.9 Å². The molecule has 0 bridgehead atoms. The number of hydrogen-bond acceptors (Lipinski definition) is 2. The molecule has 0 aromatic carbocycles. The molecular formula is C6H6NOS. The molecule has 1 radical (unpaired) electrons. The highest BCUT2D eigenvalue weighted by Gasteiger charge is 2.27. The first-order valence-electron chi connectivity index (χ1n) is 2.84. The van der Waals surface area contributed by atoms with Gasteiger partial charge in [0.25, 0.3) is 0 Å². The maximum atomic E-state index is 5.01. The Morgan fingerprint density at radius 2 is 2.22 bits per heavy atom. The molecule has 2 aliphatic rings. The first-order chi connectivity index (χ1) is 4.47. The minimum atomic E-state index is 0.194. The van der Waals surface area contributed by atoms with Crippen LogP contribution in [0.4, 0.5) is 0 Å². The van der Waals surface area contributed by atoms with Crippen LogP contribution in [0.2, 0.25) is 0 Å². The maximum Gasteiger partial charge on any atom is 0.117 e. The zero-order valence-electron chi connectivity index (χ0n) is 4.73. The van der Waals surface area contributed by atoms with Crippen molar-refractivity contribution in [2.24, 2.45) is 0 Å². The van der Waals surface area contributed by atoms with Gasteiger partial charge in [-0.15, -0.1) is 0 Å². The highest BCUT2D eigenvalue weighted by Crippen LogP contribution is 2.27. The third-order valence-corrected chi connectivity index (χ3v) is 2.21. The summed E-state index contributed by atoms with van der Waals surface area (Å²) >= 11 is 1.49. The van der Waals surface area contributed by atoms with E-state index in [-0.39, 0.29) is 6.10 Å². The van der Waals surface area contributed by atoms with Crippen molar-refractivity contribution in [1.29, 1.82) is 0 Å². The molecule has 1 aliphatic heterocycles. The predicted octanol–water partition coefficient (Wildman–Crippen LogP) is 1.05. The van der Waals surface area contributed by atoms with Crippen molar-refractivity contribution in [3.05, 3.63) is 24.3 Å². The van der Waals surface area contributed by atoms with Crippen molar-refractivity contribution in [3.8, 4) is 0 Å². The first-order valence-corrected chi connectivity index (χ1v) is 3.67. The van der Waals surface area contributed by atoms with Crippen molar-refractivity contribution in [3.63, 3.8) is 0 Å². The molecule has 0 aromatic heterocycles. The molecule has 2 atom stereocenters. The lowest BCUT2D eigenvalue weighted by molar-refractivity contribution is 0.0714. The Bertz CT molecular complexity index is 148. The van der Waals surface area contributed by atoms with Crippen LogP contribution in [0.25, 0.3) is 0 Å². The van der Waals surface area contributed by atoms with Gasteiger partial charge in [-0.25, -0.2) is 0 Å². The van der Waals surface area contributed by atoms with Crippen molar-refractivity contribution < 1.29 is 4.84 Å². The van der Waals surface area contributed by atoms with E-state index in [9.17, 15) is 0 Å². The molecule has 0 spiro atoms. The Balaban J connectivity index is 2.18. The zero-order chi connectivity index (χ0) is 6.10. The second-order valence-corrected chi connectivity index (χ2v) is 2.89. The molecule has 1 heterocycles. The fraction of sp³-hybridized carbons (Fsp3) is 0.333. The molecule has 0 aromatic rings. The molecule has 1 aliphatic carbocycles. The topological polar surface area (TPSA) is 23.3 Å². The molecular weight excluding hydrogens is 134 g/mol. The summed E-state index contributed by atoms with van der Waals surface area (Å²) in [6.45, 7) is 0. The molecule has 0 N–H and O–H groups in total. The van der Waals surface area contributed by atoms with Gasteiger partial charge in [-0.05, 0) is 16.8 Å². The predicted molar refractivity (Wildman–Crippen MR) is 36.7 cm³/mol. The minimum absolute atomic E-state index is 0.194. The summed E-state index contributed by atoms with van der Waals surface area (Å²) < 4.78 is 0. The Hall–Kier alpha value is -0.250. The summed E-state index contributed by atoms with van der Waals surface area (Å²) in [4.78, 5) is 8.75. The number of nitrogens with zero attached hydrogens (tertiary/aromatic N) is 1. The maximum absolute atomic E-state index is 5.01. The lowest BCUT2D eigenvalue weighted by Gasteiger charge is -2.08. The van der Waals surface area contributed by atoms with E-state index < -0.39 is 0 Å². The summed E-state index contributed by atoms with van der Waals surface area (Å²) in [6, 6.07) is 0. The van der Waals surface area contributed by atoms with Crippen LogP contribution < -0.4 is 4.89 Å². The standard InChI is InChI=1S/C6H6NOS/c1-2-4-6-5(3-1)8-7-9-6/h1-6H. The molecule has 3 heteroatoms. The molecule has 47 valence electrons. The van der Waals surface area contributed by atoms with E-state index in [1.807, 2.05) is 18.2 Å². The van der Waals surface area contributed by atoms with Crippen LogP contribution in [0.5, 0.6) is 0 Å². The number of fused-ring (bicyclic) bond motifs is 1. The number of allylic oxidation sites excluding steroid dienone is 2. The summed E-state index contributed by atoms with van der Waals surface area (Å²) in [5.74, 6) is 0. The van der Waals surface area contributed by atoms with Crippen LogP contribution >= 0.6 is 11.9 Å². The van der Waals surface area contributed by atoms with Crippen LogP contribution in [0, 0.1) is 0 Å². The van der Waals surface area contributed by atoms with Crippen molar-refractivity contribution >= 4 is 11.9 Å². The molecule has 2 rings (SSSR count). The largest absolute Gasteiger partial charge is 0.262 e. The summed E-state index contributed by atoms with van der Waals surface area (Å²) in [7, 11) is 0.